The van der Waals surface area contributed by atoms with Crippen LogP contribution in [0.15, 0.2) is 54.6 Å². The molecule has 0 aliphatic carbocycles. The van der Waals surface area contributed by atoms with Gasteiger partial charge in [-0.15, -0.1) is 12.4 Å². The van der Waals surface area contributed by atoms with Gasteiger partial charge >= 0.3 is 0 Å². The van der Waals surface area contributed by atoms with Gasteiger partial charge in [-0.1, -0.05) is 42.5 Å². The van der Waals surface area contributed by atoms with Crippen molar-refractivity contribution < 1.29 is 14.3 Å². The lowest BCUT2D eigenvalue weighted by Crippen LogP contribution is -2.33. The van der Waals surface area contributed by atoms with Gasteiger partial charge in [-0.3, -0.25) is 4.79 Å². The highest BCUT2D eigenvalue weighted by Gasteiger charge is 2.14. The Morgan fingerprint density at radius 2 is 1.75 bits per heavy atom. The molecule has 0 aliphatic rings. The Bertz CT molecular complexity index is 605. The first kappa shape index (κ1) is 20.0. The minimum atomic E-state index is -0.659. The molecule has 0 aliphatic heterocycles. The van der Waals surface area contributed by atoms with Crippen molar-refractivity contribution in [3.63, 3.8) is 0 Å². The Labute approximate surface area is 148 Å². The van der Waals surface area contributed by atoms with Gasteiger partial charge in [-0.25, -0.2) is 0 Å². The molecule has 0 spiro atoms. The molecular formula is C18H23ClN2O3. The summed E-state index contributed by atoms with van der Waals surface area (Å²) >= 11 is 0. The Balaban J connectivity index is 0.00000288. The Morgan fingerprint density at radius 3 is 2.38 bits per heavy atom. The maximum absolute atomic E-state index is 12.1. The van der Waals surface area contributed by atoms with E-state index in [0.29, 0.717) is 19.8 Å². The van der Waals surface area contributed by atoms with Crippen LogP contribution in [-0.4, -0.2) is 26.2 Å². The van der Waals surface area contributed by atoms with E-state index in [0.717, 1.165) is 16.9 Å². The highest BCUT2D eigenvalue weighted by molar-refractivity contribution is 5.85. The van der Waals surface area contributed by atoms with Crippen molar-refractivity contribution in [3.05, 3.63) is 65.7 Å². The lowest BCUT2D eigenvalue weighted by atomic mass is 10.1. The van der Waals surface area contributed by atoms with E-state index in [9.17, 15) is 4.79 Å². The van der Waals surface area contributed by atoms with E-state index < -0.39 is 6.04 Å². The molecule has 24 heavy (non-hydrogen) atoms. The Hall–Kier alpha value is -2.08. The average Bonchev–Trinajstić information content (AvgIpc) is 2.61. The molecule has 0 saturated heterocycles. The van der Waals surface area contributed by atoms with Crippen LogP contribution in [0.4, 0.5) is 0 Å². The van der Waals surface area contributed by atoms with Gasteiger partial charge in [0.15, 0.2) is 0 Å². The molecule has 0 fully saturated rings. The summed E-state index contributed by atoms with van der Waals surface area (Å²) in [4.78, 5) is 12.1. The van der Waals surface area contributed by atoms with Crippen LogP contribution in [0.1, 0.15) is 17.2 Å². The van der Waals surface area contributed by atoms with Gasteiger partial charge in [0.1, 0.15) is 18.4 Å². The second kappa shape index (κ2) is 10.6. The van der Waals surface area contributed by atoms with Crippen molar-refractivity contribution in [1.82, 2.24) is 5.32 Å². The van der Waals surface area contributed by atoms with Gasteiger partial charge in [-0.05, 0) is 23.3 Å². The zero-order valence-corrected chi connectivity index (χ0v) is 14.4. The van der Waals surface area contributed by atoms with E-state index in [2.05, 4.69) is 5.32 Å². The van der Waals surface area contributed by atoms with Gasteiger partial charge in [-0.2, -0.15) is 0 Å². The summed E-state index contributed by atoms with van der Waals surface area (Å²) in [6.45, 7) is 1.49. The first-order valence-corrected chi connectivity index (χ1v) is 7.49. The van der Waals surface area contributed by atoms with E-state index in [-0.39, 0.29) is 18.3 Å². The van der Waals surface area contributed by atoms with Gasteiger partial charge in [0.2, 0.25) is 5.91 Å². The van der Waals surface area contributed by atoms with E-state index in [1.54, 1.807) is 7.11 Å². The van der Waals surface area contributed by atoms with Crippen molar-refractivity contribution in [1.29, 1.82) is 0 Å². The van der Waals surface area contributed by atoms with Crippen LogP contribution < -0.4 is 15.8 Å². The first-order valence-electron chi connectivity index (χ1n) is 7.49. The minimum absolute atomic E-state index is 0. The molecule has 0 heterocycles. The number of nitrogens with two attached hydrogens (primary N) is 1. The van der Waals surface area contributed by atoms with Gasteiger partial charge < -0.3 is 20.5 Å². The topological polar surface area (TPSA) is 73.6 Å². The van der Waals surface area contributed by atoms with Crippen molar-refractivity contribution >= 4 is 18.3 Å². The molecule has 130 valence electrons. The normalized spacial score (nSPS) is 11.2. The highest BCUT2D eigenvalue weighted by Crippen LogP contribution is 2.13. The Morgan fingerprint density at radius 1 is 1.08 bits per heavy atom. The molecule has 1 amide bonds. The molecule has 3 N–H and O–H groups in total. The number of benzene rings is 2. The summed E-state index contributed by atoms with van der Waals surface area (Å²) in [5, 5.41) is 2.84. The third-order valence-electron chi connectivity index (χ3n) is 3.39. The van der Waals surface area contributed by atoms with Crippen LogP contribution >= 0.6 is 12.4 Å². The summed E-state index contributed by atoms with van der Waals surface area (Å²) in [6.07, 6.45) is 0. The zero-order valence-electron chi connectivity index (χ0n) is 13.6. The van der Waals surface area contributed by atoms with Gasteiger partial charge in [0.25, 0.3) is 0 Å². The fourth-order valence-electron chi connectivity index (χ4n) is 2.06. The van der Waals surface area contributed by atoms with E-state index in [1.165, 1.54) is 0 Å². The molecule has 2 aromatic rings. The van der Waals surface area contributed by atoms with Crippen LogP contribution in [-0.2, 0) is 16.1 Å². The molecule has 1 unspecified atom stereocenters. The monoisotopic (exact) mass is 350 g/mol. The third kappa shape index (κ3) is 6.20. The summed E-state index contributed by atoms with van der Waals surface area (Å²) in [6, 6.07) is 16.2. The summed E-state index contributed by atoms with van der Waals surface area (Å²) in [5.74, 6) is 0.578. The van der Waals surface area contributed by atoms with Crippen LogP contribution in [0.25, 0.3) is 0 Å². The summed E-state index contributed by atoms with van der Waals surface area (Å²) in [7, 11) is 1.63. The molecule has 5 nitrogen and oxygen atoms in total. The van der Waals surface area contributed by atoms with Crippen molar-refractivity contribution in [2.45, 2.75) is 12.6 Å². The number of hydrogen-bond acceptors (Lipinski definition) is 4. The van der Waals surface area contributed by atoms with E-state index >= 15 is 0 Å². The summed E-state index contributed by atoms with van der Waals surface area (Å²) in [5.41, 5.74) is 7.73. The maximum atomic E-state index is 12.1. The number of methoxy groups -OCH3 is 1. The number of nitrogens with one attached hydrogen (secondary N) is 1. The predicted molar refractivity (Wildman–Crippen MR) is 96.3 cm³/mol. The third-order valence-corrected chi connectivity index (χ3v) is 3.39. The van der Waals surface area contributed by atoms with Crippen molar-refractivity contribution in [3.8, 4) is 5.75 Å². The molecule has 0 aromatic heterocycles. The molecule has 2 aromatic carbocycles. The SMILES string of the molecule is COCCOc1ccc(CNC(=O)C(N)c2ccccc2)cc1.Cl. The second-order valence-electron chi connectivity index (χ2n) is 5.09. The maximum Gasteiger partial charge on any atom is 0.241 e. The number of halogens is 1. The predicted octanol–water partition coefficient (Wildman–Crippen LogP) is 2.45. The number of carbonyl (C=O) groups is 1. The number of hydrogen-bond donors (Lipinski definition) is 2. The van der Waals surface area contributed by atoms with Gasteiger partial charge in [0.05, 0.1) is 6.61 Å². The molecule has 1 atom stereocenters. The fraction of sp³-hybridized carbons (Fsp3) is 0.278. The second-order valence-corrected chi connectivity index (χ2v) is 5.09. The average molecular weight is 351 g/mol. The smallest absolute Gasteiger partial charge is 0.241 e. The minimum Gasteiger partial charge on any atom is -0.491 e. The lowest BCUT2D eigenvalue weighted by Gasteiger charge is -2.13. The molecule has 0 radical (unpaired) electrons. The molecule has 2 rings (SSSR count). The Kier molecular flexibility index (Phi) is 8.86. The molecule has 6 heteroatoms. The molecular weight excluding hydrogens is 328 g/mol. The van der Waals surface area contributed by atoms with Crippen LogP contribution in [0.5, 0.6) is 5.75 Å². The quantitative estimate of drug-likeness (QED) is 0.717. The highest BCUT2D eigenvalue weighted by atomic mass is 35.5. The van der Waals surface area contributed by atoms with Gasteiger partial charge in [0, 0.05) is 13.7 Å². The largest absolute Gasteiger partial charge is 0.491 e. The fourth-order valence-corrected chi connectivity index (χ4v) is 2.06. The number of ether oxygens (including phenoxy) is 2. The first-order chi connectivity index (χ1) is 11.2. The number of amides is 1. The van der Waals surface area contributed by atoms with Crippen molar-refractivity contribution in [2.75, 3.05) is 20.3 Å². The van der Waals surface area contributed by atoms with Crippen LogP contribution in [0, 0.1) is 0 Å². The summed E-state index contributed by atoms with van der Waals surface area (Å²) < 4.78 is 10.4. The molecule has 0 bridgehead atoms. The number of rotatable bonds is 8. The van der Waals surface area contributed by atoms with Crippen LogP contribution in [0.3, 0.4) is 0 Å². The zero-order chi connectivity index (χ0) is 16.5. The van der Waals surface area contributed by atoms with Crippen LogP contribution in [0.2, 0.25) is 0 Å². The van der Waals surface area contributed by atoms with Crippen molar-refractivity contribution in [2.24, 2.45) is 5.73 Å². The molecule has 0 saturated carbocycles. The van der Waals surface area contributed by atoms with E-state index in [1.807, 2.05) is 54.6 Å². The van der Waals surface area contributed by atoms with E-state index in [4.69, 9.17) is 15.2 Å². The number of carbonyl (C=O) groups excluding carboxylic acids is 1. The standard InChI is InChI=1S/C18H22N2O3.ClH/c1-22-11-12-23-16-9-7-14(8-10-16)13-20-18(21)17(19)15-5-3-2-4-6-15;/h2-10,17H,11-13,19H2,1H3,(H,20,21);1H. The lowest BCUT2D eigenvalue weighted by molar-refractivity contribution is -0.122.